The number of amides is 3. The lowest BCUT2D eigenvalue weighted by Gasteiger charge is -2.31. The molecule has 0 aromatic heterocycles. The molecule has 1 aliphatic heterocycles. The summed E-state index contributed by atoms with van der Waals surface area (Å²) in [6.07, 6.45) is 1.04. The zero-order chi connectivity index (χ0) is 16.5. The number of rotatable bonds is 4. The van der Waals surface area contributed by atoms with Crippen LogP contribution in [0.5, 0.6) is 0 Å². The highest BCUT2D eigenvalue weighted by atomic mass is 16.2. The molecule has 2 fully saturated rings. The first-order chi connectivity index (χ1) is 11.7. The molecule has 4 heteroatoms. The maximum atomic E-state index is 12.8. The Morgan fingerprint density at radius 3 is 2.21 bits per heavy atom. The van der Waals surface area contributed by atoms with Gasteiger partial charge >= 0.3 is 6.03 Å². The number of carbonyl (C=O) groups excluding carboxylic acids is 2. The van der Waals surface area contributed by atoms with E-state index in [2.05, 4.69) is 17.4 Å². The topological polar surface area (TPSA) is 49.4 Å². The highest BCUT2D eigenvalue weighted by molar-refractivity contribution is 6.00. The molecule has 0 radical (unpaired) electrons. The fraction of sp³-hybridized carbons (Fsp3) is 0.300. The molecule has 1 saturated carbocycles. The quantitative estimate of drug-likeness (QED) is 0.941. The molecule has 3 amide bonds. The molecule has 1 N–H and O–H groups in total. The van der Waals surface area contributed by atoms with Crippen LogP contribution in [0.3, 0.4) is 0 Å². The Morgan fingerprint density at radius 1 is 0.917 bits per heavy atom. The van der Waals surface area contributed by atoms with Crippen LogP contribution in [0, 0.1) is 5.92 Å². The summed E-state index contributed by atoms with van der Waals surface area (Å²) in [5.41, 5.74) is 2.26. The van der Waals surface area contributed by atoms with Crippen molar-refractivity contribution in [1.82, 2.24) is 10.2 Å². The molecule has 4 rings (SSSR count). The van der Waals surface area contributed by atoms with Crippen LogP contribution >= 0.6 is 0 Å². The average molecular weight is 320 g/mol. The smallest absolute Gasteiger partial charge is 0.324 e. The van der Waals surface area contributed by atoms with Crippen LogP contribution in [0.25, 0.3) is 0 Å². The first kappa shape index (κ1) is 14.9. The van der Waals surface area contributed by atoms with Gasteiger partial charge in [0, 0.05) is 13.1 Å². The molecule has 0 spiro atoms. The van der Waals surface area contributed by atoms with Crippen LogP contribution in [0.4, 0.5) is 4.79 Å². The second-order valence-corrected chi connectivity index (χ2v) is 6.61. The Balaban J connectivity index is 1.46. The number of imide groups is 1. The molecule has 1 unspecified atom stereocenters. The van der Waals surface area contributed by atoms with E-state index < -0.39 is 0 Å². The summed E-state index contributed by atoms with van der Waals surface area (Å²) in [5.74, 6) is 0.474. The summed E-state index contributed by atoms with van der Waals surface area (Å²) in [6, 6.07) is 19.7. The third-order valence-electron chi connectivity index (χ3n) is 5.04. The van der Waals surface area contributed by atoms with Crippen molar-refractivity contribution in [3.63, 3.8) is 0 Å². The van der Waals surface area contributed by atoms with E-state index >= 15 is 0 Å². The predicted molar refractivity (Wildman–Crippen MR) is 91.6 cm³/mol. The minimum atomic E-state index is -0.280. The van der Waals surface area contributed by atoms with E-state index in [4.69, 9.17) is 0 Å². The van der Waals surface area contributed by atoms with Crippen LogP contribution in [0.15, 0.2) is 60.7 Å². The first-order valence-electron chi connectivity index (χ1n) is 8.43. The van der Waals surface area contributed by atoms with E-state index in [1.54, 1.807) is 0 Å². The van der Waals surface area contributed by atoms with E-state index in [1.807, 2.05) is 48.5 Å². The van der Waals surface area contributed by atoms with Gasteiger partial charge in [-0.15, -0.1) is 0 Å². The summed E-state index contributed by atoms with van der Waals surface area (Å²) in [7, 11) is 0. The number of hydrogen-bond donors (Lipinski definition) is 1. The van der Waals surface area contributed by atoms with Gasteiger partial charge in [0.2, 0.25) is 5.91 Å². The summed E-state index contributed by atoms with van der Waals surface area (Å²) in [6.45, 7) is 0.887. The molecular weight excluding hydrogens is 300 g/mol. The zero-order valence-electron chi connectivity index (χ0n) is 13.4. The minimum absolute atomic E-state index is 0.0799. The van der Waals surface area contributed by atoms with Crippen molar-refractivity contribution >= 4 is 11.9 Å². The molecule has 1 saturated heterocycles. The average Bonchev–Trinajstić information content (AvgIpc) is 3.40. The number of carbonyl (C=O) groups is 2. The van der Waals surface area contributed by atoms with E-state index in [9.17, 15) is 9.59 Å². The van der Waals surface area contributed by atoms with Crippen molar-refractivity contribution in [3.8, 4) is 0 Å². The van der Waals surface area contributed by atoms with Crippen LogP contribution < -0.4 is 5.32 Å². The van der Waals surface area contributed by atoms with Crippen LogP contribution in [-0.2, 0) is 4.79 Å². The van der Waals surface area contributed by atoms with Crippen molar-refractivity contribution in [2.45, 2.75) is 18.3 Å². The van der Waals surface area contributed by atoms with E-state index in [-0.39, 0.29) is 17.9 Å². The van der Waals surface area contributed by atoms with Crippen LogP contribution in [0.2, 0.25) is 0 Å². The fourth-order valence-electron chi connectivity index (χ4n) is 3.57. The molecule has 122 valence electrons. The summed E-state index contributed by atoms with van der Waals surface area (Å²) in [4.78, 5) is 26.4. The van der Waals surface area contributed by atoms with Crippen LogP contribution in [0.1, 0.15) is 29.4 Å². The third kappa shape index (κ3) is 2.80. The van der Waals surface area contributed by atoms with Gasteiger partial charge in [-0.3, -0.25) is 9.69 Å². The third-order valence-corrected chi connectivity index (χ3v) is 5.04. The largest absolute Gasteiger partial charge is 0.336 e. The van der Waals surface area contributed by atoms with Crippen molar-refractivity contribution in [2.75, 3.05) is 13.1 Å². The molecule has 2 aliphatic rings. The molecule has 0 bridgehead atoms. The summed E-state index contributed by atoms with van der Waals surface area (Å²) < 4.78 is 0. The Bertz CT molecular complexity index is 745. The van der Waals surface area contributed by atoms with Gasteiger partial charge in [0.25, 0.3) is 0 Å². The Labute approximate surface area is 141 Å². The Hall–Kier alpha value is -2.62. The highest BCUT2D eigenvalue weighted by Crippen LogP contribution is 2.48. The first-order valence-corrected chi connectivity index (χ1v) is 8.43. The highest BCUT2D eigenvalue weighted by Gasteiger charge is 2.44. The van der Waals surface area contributed by atoms with Crippen molar-refractivity contribution < 1.29 is 9.59 Å². The molecular formula is C20H20N2O2. The van der Waals surface area contributed by atoms with Crippen molar-refractivity contribution in [1.29, 1.82) is 0 Å². The van der Waals surface area contributed by atoms with Gasteiger partial charge in [-0.05, 0) is 29.4 Å². The summed E-state index contributed by atoms with van der Waals surface area (Å²) >= 11 is 0. The van der Waals surface area contributed by atoms with Gasteiger partial charge in [-0.2, -0.15) is 0 Å². The summed E-state index contributed by atoms with van der Waals surface area (Å²) in [5, 5.41) is 2.86. The second kappa shape index (κ2) is 6.11. The molecule has 24 heavy (non-hydrogen) atoms. The molecule has 2 aromatic rings. The number of hydrogen-bond acceptors (Lipinski definition) is 2. The SMILES string of the molecule is O=C1NCC(c2ccccc2)C(=O)N1C[C@@H]1C[C@H]1c1ccccc1. The van der Waals surface area contributed by atoms with E-state index in [0.717, 1.165) is 12.0 Å². The molecule has 3 atom stereocenters. The molecule has 4 nitrogen and oxygen atoms in total. The van der Waals surface area contributed by atoms with Crippen molar-refractivity contribution in [3.05, 3.63) is 71.8 Å². The number of urea groups is 1. The van der Waals surface area contributed by atoms with Crippen LogP contribution in [-0.4, -0.2) is 29.9 Å². The van der Waals surface area contributed by atoms with Gasteiger partial charge in [-0.25, -0.2) is 4.79 Å². The standard InChI is InChI=1S/C20H20N2O2/c23-19-18(15-9-5-2-6-10-15)12-21-20(24)22(19)13-16-11-17(16)14-7-3-1-4-8-14/h1-10,16-18H,11-13H2,(H,21,24)/t16-,17-,18?/m0/s1. The lowest BCUT2D eigenvalue weighted by atomic mass is 9.96. The van der Waals surface area contributed by atoms with E-state index in [1.165, 1.54) is 10.5 Å². The normalized spacial score (nSPS) is 26.2. The molecule has 2 aromatic carbocycles. The Morgan fingerprint density at radius 2 is 1.54 bits per heavy atom. The zero-order valence-corrected chi connectivity index (χ0v) is 13.4. The van der Waals surface area contributed by atoms with Gasteiger partial charge < -0.3 is 5.32 Å². The number of nitrogens with zero attached hydrogens (tertiary/aromatic N) is 1. The number of benzene rings is 2. The predicted octanol–water partition coefficient (Wildman–Crippen LogP) is 3.13. The van der Waals surface area contributed by atoms with Gasteiger partial charge in [0.05, 0.1) is 5.92 Å². The fourth-order valence-corrected chi connectivity index (χ4v) is 3.57. The Kier molecular flexibility index (Phi) is 3.81. The van der Waals surface area contributed by atoms with Gasteiger partial charge in [0.15, 0.2) is 0 Å². The van der Waals surface area contributed by atoms with Crippen molar-refractivity contribution in [2.24, 2.45) is 5.92 Å². The van der Waals surface area contributed by atoms with Gasteiger partial charge in [0.1, 0.15) is 0 Å². The van der Waals surface area contributed by atoms with Gasteiger partial charge in [-0.1, -0.05) is 60.7 Å². The lowest BCUT2D eigenvalue weighted by Crippen LogP contribution is -2.54. The minimum Gasteiger partial charge on any atom is -0.336 e. The molecule has 1 heterocycles. The second-order valence-electron chi connectivity index (χ2n) is 6.61. The molecule has 1 aliphatic carbocycles. The maximum absolute atomic E-state index is 12.8. The monoisotopic (exact) mass is 320 g/mol. The lowest BCUT2D eigenvalue weighted by molar-refractivity contribution is -0.131. The van der Waals surface area contributed by atoms with E-state index in [0.29, 0.717) is 24.9 Å². The maximum Gasteiger partial charge on any atom is 0.324 e. The number of nitrogens with one attached hydrogen (secondary N) is 1.